The fraction of sp³-hybridized carbons (Fsp3) is 0.600. The Balaban J connectivity index is 3.42. The van der Waals surface area contributed by atoms with E-state index in [0.29, 0.717) is 18.9 Å². The van der Waals surface area contributed by atoms with Crippen LogP contribution in [0, 0.1) is 5.41 Å². The standard InChI is InChI=1S/C5H12N4/c1-8-4-5(7)9-3-2-6/h2,6,8H,3-4H2,1H3,(H2,7,9). The zero-order chi connectivity index (χ0) is 7.11. The van der Waals surface area contributed by atoms with Gasteiger partial charge in [0.2, 0.25) is 0 Å². The van der Waals surface area contributed by atoms with E-state index in [-0.39, 0.29) is 0 Å². The molecular formula is C5H12N4. The Morgan fingerprint density at radius 1 is 1.89 bits per heavy atom. The molecule has 0 unspecified atom stereocenters. The van der Waals surface area contributed by atoms with Crippen LogP contribution in [0.3, 0.4) is 0 Å². The molecule has 0 aromatic heterocycles. The molecule has 52 valence electrons. The molecule has 0 saturated carbocycles. The van der Waals surface area contributed by atoms with Gasteiger partial charge < -0.3 is 16.5 Å². The summed E-state index contributed by atoms with van der Waals surface area (Å²) in [6.45, 7) is 0.974. The van der Waals surface area contributed by atoms with E-state index in [1.807, 2.05) is 0 Å². The van der Waals surface area contributed by atoms with Crippen LogP contribution in [-0.2, 0) is 0 Å². The van der Waals surface area contributed by atoms with Crippen molar-refractivity contribution in [3.63, 3.8) is 0 Å². The molecule has 0 heterocycles. The Morgan fingerprint density at radius 3 is 3.00 bits per heavy atom. The van der Waals surface area contributed by atoms with Gasteiger partial charge in [-0.15, -0.1) is 0 Å². The lowest BCUT2D eigenvalue weighted by Gasteiger charge is -1.95. The van der Waals surface area contributed by atoms with Crippen LogP contribution in [0.1, 0.15) is 0 Å². The number of rotatable bonds is 4. The Morgan fingerprint density at radius 2 is 2.56 bits per heavy atom. The molecule has 4 heteroatoms. The highest BCUT2D eigenvalue weighted by molar-refractivity contribution is 5.83. The molecule has 0 radical (unpaired) electrons. The van der Waals surface area contributed by atoms with Crippen LogP contribution >= 0.6 is 0 Å². The van der Waals surface area contributed by atoms with Gasteiger partial charge in [-0.3, -0.25) is 4.99 Å². The molecule has 4 N–H and O–H groups in total. The van der Waals surface area contributed by atoms with E-state index in [1.165, 1.54) is 6.21 Å². The first-order valence-electron chi connectivity index (χ1n) is 2.73. The lowest BCUT2D eigenvalue weighted by Crippen LogP contribution is -2.26. The van der Waals surface area contributed by atoms with Crippen molar-refractivity contribution in [1.82, 2.24) is 5.32 Å². The van der Waals surface area contributed by atoms with Crippen molar-refractivity contribution < 1.29 is 0 Å². The van der Waals surface area contributed by atoms with Gasteiger partial charge in [-0.25, -0.2) is 0 Å². The summed E-state index contributed by atoms with van der Waals surface area (Å²) >= 11 is 0. The van der Waals surface area contributed by atoms with Crippen molar-refractivity contribution in [3.05, 3.63) is 0 Å². The number of hydrogen-bond acceptors (Lipinski definition) is 3. The molecule has 0 aliphatic heterocycles. The van der Waals surface area contributed by atoms with Gasteiger partial charge in [0.1, 0.15) is 5.84 Å². The van der Waals surface area contributed by atoms with Crippen LogP contribution in [0.4, 0.5) is 0 Å². The molecule has 0 spiro atoms. The third kappa shape index (κ3) is 4.96. The van der Waals surface area contributed by atoms with Gasteiger partial charge in [0, 0.05) is 6.21 Å². The Hall–Kier alpha value is -0.900. The molecular weight excluding hydrogens is 116 g/mol. The highest BCUT2D eigenvalue weighted by Crippen LogP contribution is 1.65. The average molecular weight is 128 g/mol. The zero-order valence-corrected chi connectivity index (χ0v) is 5.52. The molecule has 4 nitrogen and oxygen atoms in total. The van der Waals surface area contributed by atoms with Crippen molar-refractivity contribution in [2.45, 2.75) is 0 Å². The number of amidine groups is 1. The first-order chi connectivity index (χ1) is 4.31. The summed E-state index contributed by atoms with van der Waals surface area (Å²) in [6.07, 6.45) is 1.21. The van der Waals surface area contributed by atoms with Crippen LogP contribution in [0.15, 0.2) is 4.99 Å². The van der Waals surface area contributed by atoms with Crippen LogP contribution in [0.5, 0.6) is 0 Å². The molecule has 0 fully saturated rings. The minimum absolute atomic E-state index is 0.382. The van der Waals surface area contributed by atoms with Gasteiger partial charge in [-0.2, -0.15) is 0 Å². The second kappa shape index (κ2) is 5.24. The minimum atomic E-state index is 0.382. The topological polar surface area (TPSA) is 74.3 Å². The Labute approximate surface area is 54.7 Å². The SMILES string of the molecule is CNCC(N)=NCC=N. The van der Waals surface area contributed by atoms with E-state index in [1.54, 1.807) is 7.05 Å². The highest BCUT2D eigenvalue weighted by atomic mass is 14.9. The first kappa shape index (κ1) is 8.10. The third-order valence-corrected chi connectivity index (χ3v) is 0.744. The van der Waals surface area contributed by atoms with E-state index in [4.69, 9.17) is 11.1 Å². The molecule has 0 amide bonds. The third-order valence-electron chi connectivity index (χ3n) is 0.744. The zero-order valence-electron chi connectivity index (χ0n) is 5.52. The smallest absolute Gasteiger partial charge is 0.108 e. The van der Waals surface area contributed by atoms with E-state index >= 15 is 0 Å². The summed E-state index contributed by atoms with van der Waals surface area (Å²) in [4.78, 5) is 3.82. The first-order valence-corrected chi connectivity index (χ1v) is 2.73. The molecule has 0 aliphatic carbocycles. The monoisotopic (exact) mass is 128 g/mol. The normalized spacial score (nSPS) is 11.4. The van der Waals surface area contributed by atoms with E-state index < -0.39 is 0 Å². The predicted molar refractivity (Wildman–Crippen MR) is 39.2 cm³/mol. The Bertz CT molecular complexity index is 108. The van der Waals surface area contributed by atoms with Gasteiger partial charge in [0.25, 0.3) is 0 Å². The minimum Gasteiger partial charge on any atom is -0.386 e. The molecule has 0 bridgehead atoms. The lowest BCUT2D eigenvalue weighted by atomic mass is 10.6. The summed E-state index contributed by atoms with van der Waals surface area (Å²) < 4.78 is 0. The van der Waals surface area contributed by atoms with Gasteiger partial charge in [0.15, 0.2) is 0 Å². The summed E-state index contributed by atoms with van der Waals surface area (Å²) in [7, 11) is 1.80. The van der Waals surface area contributed by atoms with Gasteiger partial charge >= 0.3 is 0 Å². The van der Waals surface area contributed by atoms with E-state index in [0.717, 1.165) is 0 Å². The maximum absolute atomic E-state index is 6.62. The second-order valence-corrected chi connectivity index (χ2v) is 1.57. The summed E-state index contributed by atoms with van der Waals surface area (Å²) in [6, 6.07) is 0. The number of hydrogen-bond donors (Lipinski definition) is 3. The predicted octanol–water partition coefficient (Wildman–Crippen LogP) is -0.787. The summed E-state index contributed by atoms with van der Waals surface area (Å²) in [5, 5.41) is 9.47. The molecule has 0 atom stereocenters. The van der Waals surface area contributed by atoms with Gasteiger partial charge in [-0.1, -0.05) is 0 Å². The number of likely N-dealkylation sites (N-methyl/N-ethyl adjacent to an activating group) is 1. The maximum atomic E-state index is 6.62. The van der Waals surface area contributed by atoms with E-state index in [9.17, 15) is 0 Å². The fourth-order valence-electron chi connectivity index (χ4n) is 0.400. The van der Waals surface area contributed by atoms with Crippen molar-refractivity contribution >= 4 is 12.1 Å². The largest absolute Gasteiger partial charge is 0.386 e. The van der Waals surface area contributed by atoms with Crippen LogP contribution in [-0.4, -0.2) is 32.2 Å². The van der Waals surface area contributed by atoms with E-state index in [2.05, 4.69) is 10.3 Å². The van der Waals surface area contributed by atoms with Crippen molar-refractivity contribution in [3.8, 4) is 0 Å². The molecule has 0 saturated heterocycles. The summed E-state index contributed by atoms with van der Waals surface area (Å²) in [5.74, 6) is 0.543. The Kier molecular flexibility index (Phi) is 4.72. The summed E-state index contributed by atoms with van der Waals surface area (Å²) in [5.41, 5.74) is 5.35. The van der Waals surface area contributed by atoms with Crippen LogP contribution in [0.25, 0.3) is 0 Å². The number of aliphatic imine (C=N–C) groups is 1. The van der Waals surface area contributed by atoms with Gasteiger partial charge in [0.05, 0.1) is 13.1 Å². The van der Waals surface area contributed by atoms with Gasteiger partial charge in [-0.05, 0) is 7.05 Å². The number of nitrogens with two attached hydrogens (primary N) is 1. The quantitative estimate of drug-likeness (QED) is 0.343. The number of nitrogens with zero attached hydrogens (tertiary/aromatic N) is 1. The van der Waals surface area contributed by atoms with Crippen molar-refractivity contribution in [2.75, 3.05) is 20.1 Å². The molecule has 0 aromatic carbocycles. The van der Waals surface area contributed by atoms with Crippen molar-refractivity contribution in [1.29, 1.82) is 5.41 Å². The maximum Gasteiger partial charge on any atom is 0.108 e. The number of nitrogens with one attached hydrogen (secondary N) is 2. The van der Waals surface area contributed by atoms with Crippen LogP contribution < -0.4 is 11.1 Å². The second-order valence-electron chi connectivity index (χ2n) is 1.57. The molecule has 9 heavy (non-hydrogen) atoms. The van der Waals surface area contributed by atoms with Crippen molar-refractivity contribution in [2.24, 2.45) is 10.7 Å². The fourth-order valence-corrected chi connectivity index (χ4v) is 0.400. The molecule has 0 aromatic rings. The lowest BCUT2D eigenvalue weighted by molar-refractivity contribution is 0.935. The van der Waals surface area contributed by atoms with Crippen LogP contribution in [0.2, 0.25) is 0 Å². The average Bonchev–Trinajstić information content (AvgIpc) is 1.85. The highest BCUT2D eigenvalue weighted by Gasteiger charge is 1.84. The molecule has 0 rings (SSSR count). The molecule has 0 aliphatic rings.